The Kier molecular flexibility index (Phi) is 5.10. The highest BCUT2D eigenvalue weighted by molar-refractivity contribution is 7.98. The number of carboxylic acids is 1. The SMILES string of the molecule is Nn1c(SCc2ccc(F)cc2)nnc(CCC(=O)[O-])c1=O. The summed E-state index contributed by atoms with van der Waals surface area (Å²) >= 11 is 1.17. The van der Waals surface area contributed by atoms with Gasteiger partial charge < -0.3 is 15.7 Å². The number of benzene rings is 1. The number of hydrogen-bond donors (Lipinski definition) is 1. The van der Waals surface area contributed by atoms with E-state index >= 15 is 0 Å². The molecule has 0 aliphatic heterocycles. The number of rotatable bonds is 6. The van der Waals surface area contributed by atoms with Gasteiger partial charge in [-0.3, -0.25) is 4.79 Å². The van der Waals surface area contributed by atoms with Gasteiger partial charge in [-0.05, 0) is 24.1 Å². The fraction of sp³-hybridized carbons (Fsp3) is 0.231. The Morgan fingerprint density at radius 1 is 1.32 bits per heavy atom. The van der Waals surface area contributed by atoms with E-state index < -0.39 is 11.5 Å². The quantitative estimate of drug-likeness (QED) is 0.561. The van der Waals surface area contributed by atoms with Crippen molar-refractivity contribution in [1.82, 2.24) is 14.9 Å². The molecule has 22 heavy (non-hydrogen) atoms. The molecule has 0 atom stereocenters. The summed E-state index contributed by atoms with van der Waals surface area (Å²) in [6.07, 6.45) is -0.416. The number of aromatic nitrogens is 3. The Morgan fingerprint density at radius 3 is 2.64 bits per heavy atom. The molecule has 1 heterocycles. The number of nitrogens with zero attached hydrogens (tertiary/aromatic N) is 3. The predicted octanol–water partition coefficient (Wildman–Crippen LogP) is -0.534. The molecule has 0 amide bonds. The smallest absolute Gasteiger partial charge is 0.294 e. The lowest BCUT2D eigenvalue weighted by atomic mass is 10.2. The molecule has 0 spiro atoms. The summed E-state index contributed by atoms with van der Waals surface area (Å²) in [6, 6.07) is 5.90. The van der Waals surface area contributed by atoms with Crippen LogP contribution in [0.5, 0.6) is 0 Å². The summed E-state index contributed by atoms with van der Waals surface area (Å²) in [4.78, 5) is 22.3. The topological polar surface area (TPSA) is 114 Å². The van der Waals surface area contributed by atoms with Crippen molar-refractivity contribution < 1.29 is 14.3 Å². The second-order valence-corrected chi connectivity index (χ2v) is 5.33. The molecule has 0 aliphatic rings. The minimum atomic E-state index is -1.28. The van der Waals surface area contributed by atoms with Crippen LogP contribution in [0.25, 0.3) is 0 Å². The van der Waals surface area contributed by atoms with Crippen molar-refractivity contribution in [2.45, 2.75) is 23.8 Å². The van der Waals surface area contributed by atoms with Gasteiger partial charge in [-0.1, -0.05) is 23.9 Å². The van der Waals surface area contributed by atoms with E-state index in [0.717, 1.165) is 10.2 Å². The van der Waals surface area contributed by atoms with Gasteiger partial charge in [-0.15, -0.1) is 10.2 Å². The largest absolute Gasteiger partial charge is 0.550 e. The molecule has 2 aromatic rings. The Balaban J connectivity index is 2.08. The van der Waals surface area contributed by atoms with Gasteiger partial charge in [0, 0.05) is 18.1 Å². The van der Waals surface area contributed by atoms with Gasteiger partial charge in [-0.25, -0.2) is 4.39 Å². The molecule has 0 radical (unpaired) electrons. The highest BCUT2D eigenvalue weighted by atomic mass is 32.2. The maximum Gasteiger partial charge on any atom is 0.294 e. The number of nitrogens with two attached hydrogens (primary N) is 1. The minimum Gasteiger partial charge on any atom is -0.550 e. The van der Waals surface area contributed by atoms with Crippen LogP contribution in [0, 0.1) is 5.82 Å². The van der Waals surface area contributed by atoms with Gasteiger partial charge >= 0.3 is 0 Å². The third kappa shape index (κ3) is 4.04. The van der Waals surface area contributed by atoms with Crippen molar-refractivity contribution in [2.24, 2.45) is 0 Å². The van der Waals surface area contributed by atoms with Crippen LogP contribution in [0.15, 0.2) is 34.2 Å². The summed E-state index contributed by atoms with van der Waals surface area (Å²) in [6.45, 7) is 0. The molecule has 0 saturated carbocycles. The molecule has 9 heteroatoms. The summed E-state index contributed by atoms with van der Waals surface area (Å²) in [5.74, 6) is 4.46. The number of carbonyl (C=O) groups is 1. The van der Waals surface area contributed by atoms with Crippen molar-refractivity contribution >= 4 is 17.7 Å². The monoisotopic (exact) mass is 323 g/mol. The Hall–Kier alpha value is -2.42. The lowest BCUT2D eigenvalue weighted by Gasteiger charge is -2.07. The van der Waals surface area contributed by atoms with E-state index in [1.165, 1.54) is 23.9 Å². The normalized spacial score (nSPS) is 10.6. The minimum absolute atomic E-state index is 0.0298. The number of carbonyl (C=O) groups excluding carboxylic acids is 1. The lowest BCUT2D eigenvalue weighted by molar-refractivity contribution is -0.305. The molecular formula is C13H12FN4O3S-. The third-order valence-electron chi connectivity index (χ3n) is 2.78. The van der Waals surface area contributed by atoms with Gasteiger partial charge in [0.25, 0.3) is 5.56 Å². The molecule has 0 bridgehead atoms. The van der Waals surface area contributed by atoms with E-state index in [9.17, 15) is 19.1 Å². The van der Waals surface area contributed by atoms with Crippen LogP contribution in [0.1, 0.15) is 17.7 Å². The van der Waals surface area contributed by atoms with Gasteiger partial charge in [0.15, 0.2) is 0 Å². The van der Waals surface area contributed by atoms with Crippen molar-refractivity contribution in [3.05, 3.63) is 51.7 Å². The zero-order valence-corrected chi connectivity index (χ0v) is 12.2. The molecular weight excluding hydrogens is 311 g/mol. The molecule has 0 aliphatic carbocycles. The van der Waals surface area contributed by atoms with Crippen LogP contribution >= 0.6 is 11.8 Å². The molecule has 0 saturated heterocycles. The van der Waals surface area contributed by atoms with Crippen molar-refractivity contribution in [2.75, 3.05) is 5.84 Å². The first-order valence-corrected chi connectivity index (χ1v) is 7.26. The maximum atomic E-state index is 12.8. The first-order chi connectivity index (χ1) is 10.5. The van der Waals surface area contributed by atoms with Crippen LogP contribution < -0.4 is 16.5 Å². The van der Waals surface area contributed by atoms with E-state index in [4.69, 9.17) is 5.84 Å². The van der Waals surface area contributed by atoms with Gasteiger partial charge in [-0.2, -0.15) is 4.68 Å². The summed E-state index contributed by atoms with van der Waals surface area (Å²) in [7, 11) is 0. The maximum absolute atomic E-state index is 12.8. The number of thioether (sulfide) groups is 1. The Bertz CT molecular complexity index is 733. The van der Waals surface area contributed by atoms with Crippen LogP contribution in [-0.4, -0.2) is 20.8 Å². The lowest BCUT2D eigenvalue weighted by Crippen LogP contribution is -2.34. The van der Waals surface area contributed by atoms with Crippen LogP contribution in [0.4, 0.5) is 4.39 Å². The summed E-state index contributed by atoms with van der Waals surface area (Å²) in [5, 5.41) is 18.1. The van der Waals surface area contributed by atoms with Crippen molar-refractivity contribution in [3.63, 3.8) is 0 Å². The molecule has 2 rings (SSSR count). The second kappa shape index (κ2) is 7.03. The average molecular weight is 323 g/mol. The fourth-order valence-corrected chi connectivity index (χ4v) is 2.43. The van der Waals surface area contributed by atoms with E-state index in [-0.39, 0.29) is 29.5 Å². The van der Waals surface area contributed by atoms with E-state index in [1.807, 2.05) is 0 Å². The number of aliphatic carboxylic acids is 1. The fourth-order valence-electron chi connectivity index (χ4n) is 1.62. The molecule has 116 valence electrons. The number of hydrogen-bond acceptors (Lipinski definition) is 7. The average Bonchev–Trinajstić information content (AvgIpc) is 2.49. The number of carboxylic acid groups (broad SMARTS) is 1. The Morgan fingerprint density at radius 2 is 2.00 bits per heavy atom. The first kappa shape index (κ1) is 16.0. The summed E-state index contributed by atoms with van der Waals surface area (Å²) in [5.41, 5.74) is 0.206. The van der Waals surface area contributed by atoms with E-state index in [0.29, 0.717) is 5.75 Å². The first-order valence-electron chi connectivity index (χ1n) is 6.28. The highest BCUT2D eigenvalue weighted by Gasteiger charge is 2.11. The number of aryl methyl sites for hydroxylation is 1. The standard InChI is InChI=1S/C13H13FN4O3S/c14-9-3-1-8(2-4-9)7-22-13-17-16-10(5-6-11(19)20)12(21)18(13)15/h1-4H,5-7,15H2,(H,19,20)/p-1. The molecule has 7 nitrogen and oxygen atoms in total. The van der Waals surface area contributed by atoms with E-state index in [1.54, 1.807) is 12.1 Å². The number of halogens is 1. The zero-order valence-electron chi connectivity index (χ0n) is 11.4. The van der Waals surface area contributed by atoms with E-state index in [2.05, 4.69) is 10.2 Å². The number of nitrogen functional groups attached to an aromatic ring is 1. The van der Waals surface area contributed by atoms with Crippen molar-refractivity contribution in [1.29, 1.82) is 0 Å². The Labute approximate surface area is 129 Å². The molecule has 0 unspecified atom stereocenters. The van der Waals surface area contributed by atoms with Crippen LogP contribution in [0.2, 0.25) is 0 Å². The zero-order chi connectivity index (χ0) is 16.1. The molecule has 1 aromatic heterocycles. The van der Waals surface area contributed by atoms with Crippen LogP contribution in [0.3, 0.4) is 0 Å². The predicted molar refractivity (Wildman–Crippen MR) is 75.7 cm³/mol. The molecule has 2 N–H and O–H groups in total. The molecule has 0 fully saturated rings. The molecule has 1 aromatic carbocycles. The third-order valence-corrected chi connectivity index (χ3v) is 3.79. The van der Waals surface area contributed by atoms with Crippen molar-refractivity contribution in [3.8, 4) is 0 Å². The highest BCUT2D eigenvalue weighted by Crippen LogP contribution is 2.18. The second-order valence-electron chi connectivity index (χ2n) is 4.39. The van der Waals surface area contributed by atoms with Crippen LogP contribution in [-0.2, 0) is 17.0 Å². The van der Waals surface area contributed by atoms with Gasteiger partial charge in [0.05, 0.1) is 0 Å². The van der Waals surface area contributed by atoms with Gasteiger partial charge in [0.1, 0.15) is 11.5 Å². The summed E-state index contributed by atoms with van der Waals surface area (Å²) < 4.78 is 13.6. The van der Waals surface area contributed by atoms with Gasteiger partial charge in [0.2, 0.25) is 5.16 Å².